The molecule has 0 bridgehead atoms. The average molecular weight is 214 g/mol. The molecule has 1 spiro atoms. The van der Waals surface area contributed by atoms with E-state index in [2.05, 4.69) is 12.6 Å². The Labute approximate surface area is 90.4 Å². The lowest BCUT2D eigenvalue weighted by Crippen LogP contribution is -2.42. The Hall–Kier alpha value is -0.220. The van der Waals surface area contributed by atoms with Crippen molar-refractivity contribution in [1.82, 2.24) is 4.90 Å². The van der Waals surface area contributed by atoms with Crippen LogP contribution < -0.4 is 5.73 Å². The fourth-order valence-electron chi connectivity index (χ4n) is 2.90. The molecule has 4 heteroatoms. The highest BCUT2D eigenvalue weighted by Gasteiger charge is 2.48. The van der Waals surface area contributed by atoms with Gasteiger partial charge in [-0.2, -0.15) is 12.6 Å². The van der Waals surface area contributed by atoms with Crippen LogP contribution >= 0.6 is 12.6 Å². The van der Waals surface area contributed by atoms with Gasteiger partial charge in [-0.05, 0) is 36.3 Å². The summed E-state index contributed by atoms with van der Waals surface area (Å²) in [7, 11) is 0. The number of hydrogen-bond donors (Lipinski definition) is 2. The largest absolute Gasteiger partial charge is 0.341 e. The molecule has 3 nitrogen and oxygen atoms in total. The summed E-state index contributed by atoms with van der Waals surface area (Å²) in [5.74, 6) is 1.88. The summed E-state index contributed by atoms with van der Waals surface area (Å²) in [6.45, 7) is 2.01. The van der Waals surface area contributed by atoms with Gasteiger partial charge in [0.2, 0.25) is 5.91 Å². The summed E-state index contributed by atoms with van der Waals surface area (Å²) in [6.07, 6.45) is 3.68. The van der Waals surface area contributed by atoms with E-state index in [9.17, 15) is 4.79 Å². The van der Waals surface area contributed by atoms with E-state index in [-0.39, 0.29) is 12.5 Å². The van der Waals surface area contributed by atoms with Gasteiger partial charge < -0.3 is 10.6 Å². The van der Waals surface area contributed by atoms with Crippen LogP contribution in [0.2, 0.25) is 0 Å². The Morgan fingerprint density at radius 3 is 2.86 bits per heavy atom. The van der Waals surface area contributed by atoms with Crippen molar-refractivity contribution in [2.45, 2.75) is 19.3 Å². The molecule has 80 valence electrons. The molecule has 0 atom stereocenters. The second kappa shape index (κ2) is 3.74. The number of nitrogens with zero attached hydrogens (tertiary/aromatic N) is 1. The standard InChI is InChI=1S/C10H18N2OS/c11-5-9(13)12-2-1-10(7-12)3-8(4-10)6-14/h8,14H,1-7,11H2. The molecule has 0 aromatic heterocycles. The summed E-state index contributed by atoms with van der Waals surface area (Å²) in [5, 5.41) is 0. The predicted molar refractivity (Wildman–Crippen MR) is 59.3 cm³/mol. The SMILES string of the molecule is NCC(=O)N1CCC2(CC(CS)C2)C1. The number of rotatable bonds is 2. The highest BCUT2D eigenvalue weighted by atomic mass is 32.1. The number of thiol groups is 1. The molecule has 2 fully saturated rings. The van der Waals surface area contributed by atoms with E-state index in [1.54, 1.807) is 0 Å². The van der Waals surface area contributed by atoms with Crippen molar-refractivity contribution in [2.75, 3.05) is 25.4 Å². The van der Waals surface area contributed by atoms with Crippen LogP contribution in [0.3, 0.4) is 0 Å². The van der Waals surface area contributed by atoms with Crippen molar-refractivity contribution in [3.8, 4) is 0 Å². The van der Waals surface area contributed by atoms with E-state index in [0.717, 1.165) is 24.8 Å². The van der Waals surface area contributed by atoms with Gasteiger partial charge in [-0.15, -0.1) is 0 Å². The summed E-state index contributed by atoms with van der Waals surface area (Å²) < 4.78 is 0. The molecule has 2 rings (SSSR count). The van der Waals surface area contributed by atoms with Gasteiger partial charge in [0.25, 0.3) is 0 Å². The zero-order valence-electron chi connectivity index (χ0n) is 8.41. The molecule has 2 N–H and O–H groups in total. The minimum atomic E-state index is 0.108. The Kier molecular flexibility index (Phi) is 2.75. The number of nitrogens with two attached hydrogens (primary N) is 1. The van der Waals surface area contributed by atoms with Gasteiger partial charge in [0.1, 0.15) is 0 Å². The van der Waals surface area contributed by atoms with E-state index >= 15 is 0 Å². The molecule has 1 amide bonds. The highest BCUT2D eigenvalue weighted by Crippen LogP contribution is 2.51. The summed E-state index contributed by atoms with van der Waals surface area (Å²) >= 11 is 4.30. The molecule has 14 heavy (non-hydrogen) atoms. The zero-order valence-corrected chi connectivity index (χ0v) is 9.30. The van der Waals surface area contributed by atoms with Gasteiger partial charge in [0, 0.05) is 13.1 Å². The van der Waals surface area contributed by atoms with Gasteiger partial charge in [0.05, 0.1) is 6.54 Å². The molecule has 1 aliphatic heterocycles. The summed E-state index contributed by atoms with van der Waals surface area (Å²) in [6, 6.07) is 0. The van der Waals surface area contributed by atoms with Crippen LogP contribution in [0.5, 0.6) is 0 Å². The Balaban J connectivity index is 1.87. The minimum Gasteiger partial charge on any atom is -0.341 e. The van der Waals surface area contributed by atoms with Gasteiger partial charge in [-0.25, -0.2) is 0 Å². The van der Waals surface area contributed by atoms with Gasteiger partial charge in [-0.3, -0.25) is 4.79 Å². The van der Waals surface area contributed by atoms with E-state index in [1.807, 2.05) is 4.90 Å². The first-order valence-electron chi connectivity index (χ1n) is 5.28. The normalized spacial score (nSPS) is 36.1. The average Bonchev–Trinajstić information content (AvgIpc) is 2.58. The molecule has 0 aromatic rings. The second-order valence-corrected chi connectivity index (χ2v) is 5.09. The van der Waals surface area contributed by atoms with Crippen molar-refractivity contribution in [2.24, 2.45) is 17.1 Å². The number of likely N-dealkylation sites (tertiary alicyclic amines) is 1. The molecule has 1 aliphatic carbocycles. The van der Waals surface area contributed by atoms with Crippen LogP contribution in [-0.2, 0) is 4.79 Å². The van der Waals surface area contributed by atoms with Crippen LogP contribution in [0.15, 0.2) is 0 Å². The van der Waals surface area contributed by atoms with Gasteiger partial charge >= 0.3 is 0 Å². The Morgan fingerprint density at radius 1 is 1.57 bits per heavy atom. The summed E-state index contributed by atoms with van der Waals surface area (Å²) in [4.78, 5) is 13.3. The van der Waals surface area contributed by atoms with E-state index in [1.165, 1.54) is 19.3 Å². The monoisotopic (exact) mass is 214 g/mol. The minimum absolute atomic E-state index is 0.108. The van der Waals surface area contributed by atoms with E-state index in [0.29, 0.717) is 5.41 Å². The maximum Gasteiger partial charge on any atom is 0.236 e. The van der Waals surface area contributed by atoms with Crippen LogP contribution in [-0.4, -0.2) is 36.2 Å². The van der Waals surface area contributed by atoms with Crippen LogP contribution in [0.4, 0.5) is 0 Å². The second-order valence-electron chi connectivity index (χ2n) is 4.73. The van der Waals surface area contributed by atoms with Crippen molar-refractivity contribution < 1.29 is 4.79 Å². The van der Waals surface area contributed by atoms with Crippen molar-refractivity contribution >= 4 is 18.5 Å². The van der Waals surface area contributed by atoms with Crippen molar-refractivity contribution in [1.29, 1.82) is 0 Å². The molecular formula is C10H18N2OS. The predicted octanol–water partition coefficient (Wildman–Crippen LogP) is 0.504. The fourth-order valence-corrected chi connectivity index (χ4v) is 3.16. The third-order valence-corrected chi connectivity index (χ3v) is 4.18. The molecule has 0 aromatic carbocycles. The lowest BCUT2D eigenvalue weighted by atomic mass is 9.62. The zero-order chi connectivity index (χ0) is 10.2. The maximum absolute atomic E-state index is 11.4. The number of amides is 1. The molecule has 1 heterocycles. The van der Waals surface area contributed by atoms with Crippen molar-refractivity contribution in [3.63, 3.8) is 0 Å². The van der Waals surface area contributed by atoms with Gasteiger partial charge in [-0.1, -0.05) is 0 Å². The Morgan fingerprint density at radius 2 is 2.29 bits per heavy atom. The quantitative estimate of drug-likeness (QED) is 0.658. The third-order valence-electron chi connectivity index (χ3n) is 3.67. The topological polar surface area (TPSA) is 46.3 Å². The molecule has 1 saturated carbocycles. The molecule has 1 saturated heterocycles. The maximum atomic E-state index is 11.4. The number of carbonyl (C=O) groups excluding carboxylic acids is 1. The lowest BCUT2D eigenvalue weighted by molar-refractivity contribution is -0.129. The van der Waals surface area contributed by atoms with Crippen LogP contribution in [0, 0.1) is 11.3 Å². The fraction of sp³-hybridized carbons (Fsp3) is 0.900. The highest BCUT2D eigenvalue weighted by molar-refractivity contribution is 7.80. The molecule has 2 aliphatic rings. The van der Waals surface area contributed by atoms with E-state index in [4.69, 9.17) is 5.73 Å². The third kappa shape index (κ3) is 1.65. The lowest BCUT2D eigenvalue weighted by Gasteiger charge is -2.44. The van der Waals surface area contributed by atoms with Gasteiger partial charge in [0.15, 0.2) is 0 Å². The van der Waals surface area contributed by atoms with Crippen LogP contribution in [0.25, 0.3) is 0 Å². The Bertz CT molecular complexity index is 238. The first kappa shape index (κ1) is 10.3. The molecular weight excluding hydrogens is 196 g/mol. The summed E-state index contributed by atoms with van der Waals surface area (Å²) in [5.41, 5.74) is 5.79. The van der Waals surface area contributed by atoms with Crippen molar-refractivity contribution in [3.05, 3.63) is 0 Å². The van der Waals surface area contributed by atoms with E-state index < -0.39 is 0 Å². The number of hydrogen-bond acceptors (Lipinski definition) is 3. The van der Waals surface area contributed by atoms with Crippen LogP contribution in [0.1, 0.15) is 19.3 Å². The first-order valence-corrected chi connectivity index (χ1v) is 5.91. The number of carbonyl (C=O) groups is 1. The molecule has 0 radical (unpaired) electrons. The smallest absolute Gasteiger partial charge is 0.236 e. The first-order chi connectivity index (χ1) is 6.69. The molecule has 0 unspecified atom stereocenters.